The highest BCUT2D eigenvalue weighted by molar-refractivity contribution is 7.89. The second-order valence-corrected chi connectivity index (χ2v) is 10.9. The zero-order valence-corrected chi connectivity index (χ0v) is 19.8. The minimum atomic E-state index is -3.75. The fraction of sp³-hybridized carbons (Fsp3) is 0.440. The van der Waals surface area contributed by atoms with E-state index in [1.807, 2.05) is 18.2 Å². The quantitative estimate of drug-likeness (QED) is 0.658. The van der Waals surface area contributed by atoms with E-state index >= 15 is 0 Å². The Morgan fingerprint density at radius 3 is 2.68 bits per heavy atom. The summed E-state index contributed by atoms with van der Waals surface area (Å²) < 4.78 is 34.1. The Hall–Kier alpha value is -2.91. The van der Waals surface area contributed by atoms with Crippen LogP contribution >= 0.6 is 0 Å². The second kappa shape index (κ2) is 9.38. The SMILES string of the molecule is O=C(CN1C(=O)COc2ccc(S(=O)(=O)NC3CCCC3)cc21)N[C@H]1CCCc2ccccc21. The van der Waals surface area contributed by atoms with Gasteiger partial charge in [0.05, 0.1) is 16.6 Å². The molecular formula is C25H29N3O5S. The van der Waals surface area contributed by atoms with Gasteiger partial charge in [-0.1, -0.05) is 37.1 Å². The molecule has 34 heavy (non-hydrogen) atoms. The molecule has 2 aromatic rings. The van der Waals surface area contributed by atoms with Crippen LogP contribution in [0.15, 0.2) is 47.4 Å². The minimum absolute atomic E-state index is 0.0584. The molecule has 2 aliphatic carbocycles. The molecule has 8 nitrogen and oxygen atoms in total. The first-order valence-electron chi connectivity index (χ1n) is 11.9. The number of nitrogens with zero attached hydrogens (tertiary/aromatic N) is 1. The molecule has 0 aromatic heterocycles. The molecule has 1 aliphatic heterocycles. The van der Waals surface area contributed by atoms with Crippen molar-refractivity contribution in [2.75, 3.05) is 18.1 Å². The molecule has 0 bridgehead atoms. The molecule has 1 saturated carbocycles. The van der Waals surface area contributed by atoms with E-state index in [9.17, 15) is 18.0 Å². The van der Waals surface area contributed by atoms with Gasteiger partial charge in [0, 0.05) is 6.04 Å². The average molecular weight is 484 g/mol. The van der Waals surface area contributed by atoms with Crippen LogP contribution in [0.4, 0.5) is 5.69 Å². The lowest BCUT2D eigenvalue weighted by Gasteiger charge is -2.31. The number of aryl methyl sites for hydroxylation is 1. The number of hydrogen-bond acceptors (Lipinski definition) is 5. The molecule has 9 heteroatoms. The Kier molecular flexibility index (Phi) is 6.31. The summed E-state index contributed by atoms with van der Waals surface area (Å²) in [6.07, 6.45) is 6.47. The van der Waals surface area contributed by atoms with Crippen LogP contribution < -0.4 is 19.7 Å². The third-order valence-corrected chi connectivity index (χ3v) is 8.39. The normalized spacial score (nSPS) is 20.4. The predicted octanol–water partition coefficient (Wildman–Crippen LogP) is 2.83. The molecule has 0 saturated heterocycles. The summed E-state index contributed by atoms with van der Waals surface area (Å²) in [5.74, 6) is -0.291. The summed E-state index contributed by atoms with van der Waals surface area (Å²) in [6, 6.07) is 12.4. The lowest BCUT2D eigenvalue weighted by molar-refractivity contribution is -0.125. The Bertz CT molecular complexity index is 1210. The summed E-state index contributed by atoms with van der Waals surface area (Å²) in [6.45, 7) is -0.396. The first-order valence-corrected chi connectivity index (χ1v) is 13.4. The Morgan fingerprint density at radius 2 is 1.85 bits per heavy atom. The molecule has 2 amide bonds. The van der Waals surface area contributed by atoms with Gasteiger partial charge in [-0.2, -0.15) is 0 Å². The van der Waals surface area contributed by atoms with Crippen LogP contribution in [0.2, 0.25) is 0 Å². The summed E-state index contributed by atoms with van der Waals surface area (Å²) >= 11 is 0. The fourth-order valence-corrected chi connectivity index (χ4v) is 6.47. The van der Waals surface area contributed by atoms with Crippen molar-refractivity contribution < 1.29 is 22.7 Å². The minimum Gasteiger partial charge on any atom is -0.482 e. The number of anilines is 1. The molecule has 0 spiro atoms. The highest BCUT2D eigenvalue weighted by Crippen LogP contribution is 2.35. The standard InChI is InChI=1S/C25H29N3O5S/c29-24(26-21-11-5-7-17-6-1-4-10-20(17)21)15-28-22-14-19(12-13-23(22)33-16-25(28)30)34(31,32)27-18-8-2-3-9-18/h1,4,6,10,12-14,18,21,27H,2-3,5,7-9,11,15-16H2,(H,26,29)/t21-/m0/s1. The van der Waals surface area contributed by atoms with Crippen LogP contribution in [-0.2, 0) is 26.0 Å². The number of fused-ring (bicyclic) bond motifs is 2. The van der Waals surface area contributed by atoms with Crippen molar-refractivity contribution in [3.05, 3.63) is 53.6 Å². The average Bonchev–Trinajstić information content (AvgIpc) is 3.33. The van der Waals surface area contributed by atoms with Crippen LogP contribution in [0.25, 0.3) is 0 Å². The lowest BCUT2D eigenvalue weighted by atomic mass is 9.88. The van der Waals surface area contributed by atoms with Gasteiger partial charge < -0.3 is 10.1 Å². The van der Waals surface area contributed by atoms with Gasteiger partial charge in [0.2, 0.25) is 15.9 Å². The number of sulfonamides is 1. The maximum atomic E-state index is 13.0. The van der Waals surface area contributed by atoms with E-state index in [-0.39, 0.29) is 41.9 Å². The zero-order chi connectivity index (χ0) is 23.7. The second-order valence-electron chi connectivity index (χ2n) is 9.21. The molecule has 0 unspecified atom stereocenters. The molecule has 1 atom stereocenters. The van der Waals surface area contributed by atoms with Crippen molar-refractivity contribution in [2.24, 2.45) is 0 Å². The predicted molar refractivity (Wildman–Crippen MR) is 127 cm³/mol. The van der Waals surface area contributed by atoms with Crippen LogP contribution in [-0.4, -0.2) is 39.4 Å². The molecule has 3 aliphatic rings. The number of carbonyl (C=O) groups excluding carboxylic acids is 2. The molecule has 2 N–H and O–H groups in total. The van der Waals surface area contributed by atoms with Gasteiger partial charge in [-0.15, -0.1) is 0 Å². The van der Waals surface area contributed by atoms with Crippen LogP contribution in [0.3, 0.4) is 0 Å². The van der Waals surface area contributed by atoms with Gasteiger partial charge in [-0.3, -0.25) is 14.5 Å². The first-order chi connectivity index (χ1) is 16.4. The molecule has 1 fully saturated rings. The van der Waals surface area contributed by atoms with Gasteiger partial charge in [-0.05, 0) is 61.4 Å². The molecule has 180 valence electrons. The van der Waals surface area contributed by atoms with Crippen molar-refractivity contribution in [3.63, 3.8) is 0 Å². The summed E-state index contributed by atoms with van der Waals surface area (Å²) in [5.41, 5.74) is 2.64. The zero-order valence-electron chi connectivity index (χ0n) is 19.0. The highest BCUT2D eigenvalue weighted by Gasteiger charge is 2.31. The number of benzene rings is 2. The summed E-state index contributed by atoms with van der Waals surface area (Å²) in [4.78, 5) is 27.0. The van der Waals surface area contributed by atoms with Crippen LogP contribution in [0, 0.1) is 0 Å². The highest BCUT2D eigenvalue weighted by atomic mass is 32.2. The van der Waals surface area contributed by atoms with Gasteiger partial charge in [0.25, 0.3) is 5.91 Å². The van der Waals surface area contributed by atoms with Crippen LogP contribution in [0.1, 0.15) is 55.7 Å². The Morgan fingerprint density at radius 1 is 1.06 bits per heavy atom. The Balaban J connectivity index is 1.35. The van der Waals surface area contributed by atoms with Crippen molar-refractivity contribution in [1.82, 2.24) is 10.0 Å². The van der Waals surface area contributed by atoms with Gasteiger partial charge in [0.15, 0.2) is 6.61 Å². The lowest BCUT2D eigenvalue weighted by Crippen LogP contribution is -2.46. The first kappa shape index (κ1) is 22.9. The smallest absolute Gasteiger partial charge is 0.265 e. The van der Waals surface area contributed by atoms with Gasteiger partial charge in [0.1, 0.15) is 12.3 Å². The van der Waals surface area contributed by atoms with Gasteiger partial charge >= 0.3 is 0 Å². The van der Waals surface area contributed by atoms with E-state index in [2.05, 4.69) is 16.1 Å². The summed E-state index contributed by atoms with van der Waals surface area (Å²) in [5, 5.41) is 3.06. The molecule has 1 heterocycles. The molecule has 5 rings (SSSR count). The van der Waals surface area contributed by atoms with E-state index in [4.69, 9.17) is 4.74 Å². The van der Waals surface area contributed by atoms with Crippen molar-refractivity contribution >= 4 is 27.5 Å². The van der Waals surface area contributed by atoms with Crippen molar-refractivity contribution in [3.8, 4) is 5.75 Å². The molecular weight excluding hydrogens is 454 g/mol. The number of carbonyl (C=O) groups is 2. The Labute approximate surface area is 199 Å². The van der Waals surface area contributed by atoms with E-state index in [0.29, 0.717) is 11.4 Å². The molecule has 0 radical (unpaired) electrons. The largest absolute Gasteiger partial charge is 0.482 e. The van der Waals surface area contributed by atoms with Crippen molar-refractivity contribution in [1.29, 1.82) is 0 Å². The number of hydrogen-bond donors (Lipinski definition) is 2. The summed E-state index contributed by atoms with van der Waals surface area (Å²) in [7, 11) is -3.75. The number of amides is 2. The molecule has 2 aromatic carbocycles. The third kappa shape index (κ3) is 4.67. The van der Waals surface area contributed by atoms with E-state index in [0.717, 1.165) is 50.5 Å². The van der Waals surface area contributed by atoms with Crippen LogP contribution in [0.5, 0.6) is 5.75 Å². The topological polar surface area (TPSA) is 105 Å². The van der Waals surface area contributed by atoms with E-state index < -0.39 is 10.0 Å². The monoisotopic (exact) mass is 483 g/mol. The van der Waals surface area contributed by atoms with Crippen molar-refractivity contribution in [2.45, 2.75) is 61.9 Å². The fourth-order valence-electron chi connectivity index (χ4n) is 5.14. The third-order valence-electron chi connectivity index (χ3n) is 6.87. The van der Waals surface area contributed by atoms with Gasteiger partial charge in [-0.25, -0.2) is 13.1 Å². The number of nitrogens with one attached hydrogen (secondary N) is 2. The number of ether oxygens (including phenoxy) is 1. The maximum absolute atomic E-state index is 13.0. The maximum Gasteiger partial charge on any atom is 0.265 e. The van der Waals surface area contributed by atoms with E-state index in [1.54, 1.807) is 6.07 Å². The van der Waals surface area contributed by atoms with E-state index in [1.165, 1.54) is 22.6 Å². The number of rotatable bonds is 6.